The van der Waals surface area contributed by atoms with E-state index in [1.54, 1.807) is 12.5 Å². The van der Waals surface area contributed by atoms with Crippen molar-refractivity contribution in [2.75, 3.05) is 13.2 Å². The summed E-state index contributed by atoms with van der Waals surface area (Å²) in [6.45, 7) is 2.97. The van der Waals surface area contributed by atoms with Crippen molar-refractivity contribution in [2.24, 2.45) is 0 Å². The van der Waals surface area contributed by atoms with Crippen molar-refractivity contribution in [3.05, 3.63) is 18.2 Å². The van der Waals surface area contributed by atoms with E-state index in [-0.39, 0.29) is 11.9 Å². The maximum Gasteiger partial charge on any atom is 0.305 e. The average Bonchev–Trinajstić information content (AvgIpc) is 2.89. The average molecular weight is 267 g/mol. The maximum atomic E-state index is 11.5. The van der Waals surface area contributed by atoms with Gasteiger partial charge in [-0.15, -0.1) is 0 Å². The molecule has 1 aromatic heterocycles. The van der Waals surface area contributed by atoms with Crippen LogP contribution in [-0.2, 0) is 20.7 Å². The fraction of sp³-hybridized carbons (Fsp3) is 0.615. The second-order valence-electron chi connectivity index (χ2n) is 4.25. The van der Waals surface area contributed by atoms with Crippen LogP contribution in [0.15, 0.2) is 12.5 Å². The number of hydrogen-bond donors (Lipinski definition) is 2. The lowest BCUT2D eigenvalue weighted by Crippen LogP contribution is -2.25. The van der Waals surface area contributed by atoms with Crippen LogP contribution in [0.25, 0.3) is 0 Å². The molecule has 1 heterocycles. The molecular formula is C13H21N3O3. The number of nitrogens with zero attached hydrogens (tertiary/aromatic N) is 1. The highest BCUT2D eigenvalue weighted by atomic mass is 16.5. The molecule has 1 amide bonds. The summed E-state index contributed by atoms with van der Waals surface area (Å²) in [7, 11) is 0. The third-order valence-electron chi connectivity index (χ3n) is 2.52. The van der Waals surface area contributed by atoms with Crippen LogP contribution in [0, 0.1) is 0 Å². The first-order chi connectivity index (χ1) is 9.22. The molecule has 0 saturated heterocycles. The predicted octanol–water partition coefficient (Wildman–Crippen LogP) is 1.19. The Morgan fingerprint density at radius 2 is 2.26 bits per heavy atom. The standard InChI is InChI=1S/C13H21N3O3/c1-2-8-19-13(18)5-3-4-12(17)15-7-6-11-9-14-10-16-11/h9-10H,2-8H2,1H3,(H,14,16)(H,15,17). The molecule has 0 unspecified atom stereocenters. The summed E-state index contributed by atoms with van der Waals surface area (Å²) >= 11 is 0. The monoisotopic (exact) mass is 267 g/mol. The summed E-state index contributed by atoms with van der Waals surface area (Å²) < 4.78 is 4.92. The first kappa shape index (κ1) is 15.2. The number of aromatic nitrogens is 2. The lowest BCUT2D eigenvalue weighted by Gasteiger charge is -2.04. The molecule has 6 heteroatoms. The van der Waals surface area contributed by atoms with Gasteiger partial charge in [-0.3, -0.25) is 9.59 Å². The number of H-pyrrole nitrogens is 1. The Morgan fingerprint density at radius 3 is 2.95 bits per heavy atom. The minimum Gasteiger partial charge on any atom is -0.466 e. The lowest BCUT2D eigenvalue weighted by atomic mass is 10.2. The number of ether oxygens (including phenoxy) is 1. The molecule has 0 aliphatic carbocycles. The van der Waals surface area contributed by atoms with Crippen LogP contribution in [0.2, 0.25) is 0 Å². The lowest BCUT2D eigenvalue weighted by molar-refractivity contribution is -0.143. The molecule has 0 aromatic carbocycles. The molecule has 1 rings (SSSR count). The van der Waals surface area contributed by atoms with Crippen LogP contribution >= 0.6 is 0 Å². The normalized spacial score (nSPS) is 10.2. The second-order valence-corrected chi connectivity index (χ2v) is 4.25. The van der Waals surface area contributed by atoms with Gasteiger partial charge in [0.15, 0.2) is 0 Å². The molecule has 0 aliphatic rings. The first-order valence-corrected chi connectivity index (χ1v) is 6.62. The predicted molar refractivity (Wildman–Crippen MR) is 70.4 cm³/mol. The number of carbonyl (C=O) groups excluding carboxylic acids is 2. The molecule has 2 N–H and O–H groups in total. The molecule has 0 bridgehead atoms. The van der Waals surface area contributed by atoms with Gasteiger partial charge in [0.1, 0.15) is 0 Å². The van der Waals surface area contributed by atoms with Gasteiger partial charge in [0.05, 0.1) is 12.9 Å². The molecule has 0 spiro atoms. The molecule has 0 aliphatic heterocycles. The van der Waals surface area contributed by atoms with Crippen LogP contribution < -0.4 is 5.32 Å². The Kier molecular flexibility index (Phi) is 7.31. The van der Waals surface area contributed by atoms with Crippen LogP contribution in [0.5, 0.6) is 0 Å². The molecule has 0 fully saturated rings. The van der Waals surface area contributed by atoms with E-state index in [0.717, 1.165) is 18.5 Å². The number of carbonyl (C=O) groups is 2. The van der Waals surface area contributed by atoms with Gasteiger partial charge in [0.25, 0.3) is 0 Å². The van der Waals surface area contributed by atoms with Crippen LogP contribution in [0.3, 0.4) is 0 Å². The van der Waals surface area contributed by atoms with E-state index in [2.05, 4.69) is 15.3 Å². The number of rotatable bonds is 9. The third-order valence-corrected chi connectivity index (χ3v) is 2.52. The number of nitrogens with one attached hydrogen (secondary N) is 2. The summed E-state index contributed by atoms with van der Waals surface area (Å²) in [6, 6.07) is 0. The zero-order valence-corrected chi connectivity index (χ0v) is 11.3. The van der Waals surface area contributed by atoms with Crippen molar-refractivity contribution in [2.45, 2.75) is 39.0 Å². The van der Waals surface area contributed by atoms with Gasteiger partial charge in [0.2, 0.25) is 5.91 Å². The van der Waals surface area contributed by atoms with Gasteiger partial charge < -0.3 is 15.0 Å². The van der Waals surface area contributed by atoms with Crippen molar-refractivity contribution in [1.82, 2.24) is 15.3 Å². The highest BCUT2D eigenvalue weighted by molar-refractivity contribution is 5.76. The van der Waals surface area contributed by atoms with Gasteiger partial charge >= 0.3 is 5.97 Å². The molecule has 106 valence electrons. The maximum absolute atomic E-state index is 11.5. The number of amides is 1. The summed E-state index contributed by atoms with van der Waals surface area (Å²) in [6.07, 6.45) is 6.07. The van der Waals surface area contributed by atoms with Gasteiger partial charge in [-0.25, -0.2) is 4.98 Å². The summed E-state index contributed by atoms with van der Waals surface area (Å²) in [5.41, 5.74) is 0.989. The Hall–Kier alpha value is -1.85. The summed E-state index contributed by atoms with van der Waals surface area (Å²) in [5, 5.41) is 2.80. The van der Waals surface area contributed by atoms with E-state index in [1.165, 1.54) is 0 Å². The van der Waals surface area contributed by atoms with E-state index < -0.39 is 0 Å². The Bertz CT molecular complexity index is 376. The fourth-order valence-electron chi connectivity index (χ4n) is 1.53. The molecule has 1 aromatic rings. The van der Waals surface area contributed by atoms with Crippen molar-refractivity contribution in [1.29, 1.82) is 0 Å². The molecule has 6 nitrogen and oxygen atoms in total. The van der Waals surface area contributed by atoms with Crippen molar-refractivity contribution in [3.8, 4) is 0 Å². The largest absolute Gasteiger partial charge is 0.466 e. The minimum atomic E-state index is -0.230. The van der Waals surface area contributed by atoms with Crippen molar-refractivity contribution in [3.63, 3.8) is 0 Å². The van der Waals surface area contributed by atoms with Gasteiger partial charge in [-0.2, -0.15) is 0 Å². The van der Waals surface area contributed by atoms with Crippen LogP contribution in [0.4, 0.5) is 0 Å². The second kappa shape index (κ2) is 9.13. The van der Waals surface area contributed by atoms with E-state index in [0.29, 0.717) is 32.4 Å². The highest BCUT2D eigenvalue weighted by Gasteiger charge is 2.05. The zero-order chi connectivity index (χ0) is 13.9. The molecule has 0 saturated carbocycles. The van der Waals surface area contributed by atoms with Gasteiger partial charge in [-0.05, 0) is 12.8 Å². The smallest absolute Gasteiger partial charge is 0.305 e. The molecule has 0 atom stereocenters. The number of imidazole rings is 1. The van der Waals surface area contributed by atoms with E-state index in [1.807, 2.05) is 6.92 Å². The summed E-state index contributed by atoms with van der Waals surface area (Å²) in [5.74, 6) is -0.269. The quantitative estimate of drug-likeness (QED) is 0.658. The zero-order valence-electron chi connectivity index (χ0n) is 11.3. The van der Waals surface area contributed by atoms with E-state index >= 15 is 0 Å². The van der Waals surface area contributed by atoms with Crippen molar-refractivity contribution < 1.29 is 14.3 Å². The molecular weight excluding hydrogens is 246 g/mol. The van der Waals surface area contributed by atoms with Gasteiger partial charge in [0, 0.05) is 37.7 Å². The van der Waals surface area contributed by atoms with Crippen molar-refractivity contribution >= 4 is 11.9 Å². The van der Waals surface area contributed by atoms with E-state index in [4.69, 9.17) is 4.74 Å². The van der Waals surface area contributed by atoms with Gasteiger partial charge in [-0.1, -0.05) is 6.92 Å². The first-order valence-electron chi connectivity index (χ1n) is 6.62. The topological polar surface area (TPSA) is 84.1 Å². The summed E-state index contributed by atoms with van der Waals surface area (Å²) in [4.78, 5) is 29.5. The van der Waals surface area contributed by atoms with Crippen LogP contribution in [-0.4, -0.2) is 35.0 Å². The number of aromatic amines is 1. The fourth-order valence-corrected chi connectivity index (χ4v) is 1.53. The Balaban J connectivity index is 2.00. The van der Waals surface area contributed by atoms with Crippen LogP contribution in [0.1, 0.15) is 38.3 Å². The Morgan fingerprint density at radius 1 is 1.42 bits per heavy atom. The number of esters is 1. The third kappa shape index (κ3) is 7.23. The SMILES string of the molecule is CCCOC(=O)CCCC(=O)NCCc1cnc[nH]1. The molecule has 0 radical (unpaired) electrons. The Labute approximate surface area is 112 Å². The highest BCUT2D eigenvalue weighted by Crippen LogP contribution is 1.99. The van der Waals surface area contributed by atoms with E-state index in [9.17, 15) is 9.59 Å². The minimum absolute atomic E-state index is 0.0391. The number of hydrogen-bond acceptors (Lipinski definition) is 4. The molecule has 19 heavy (non-hydrogen) atoms.